The molecule has 0 aliphatic heterocycles. The molecule has 4 aromatic carbocycles. The van der Waals surface area contributed by atoms with Gasteiger partial charge in [0.05, 0.1) is 5.04 Å². The van der Waals surface area contributed by atoms with E-state index in [4.69, 9.17) is 5.84 Å². The quantitative estimate of drug-likeness (QED) is 0.0780. The van der Waals surface area contributed by atoms with Crippen molar-refractivity contribution in [3.63, 3.8) is 0 Å². The minimum Gasteiger partial charge on any atom is -0.310 e. The number of aryl methyl sites for hydroxylation is 2. The van der Waals surface area contributed by atoms with Crippen LogP contribution in [0.5, 0.6) is 0 Å². The van der Waals surface area contributed by atoms with E-state index in [1.165, 1.54) is 16.7 Å². The molecule has 0 aliphatic rings. The van der Waals surface area contributed by atoms with Crippen LogP contribution in [-0.2, 0) is 7.05 Å². The predicted octanol–water partition coefficient (Wildman–Crippen LogP) is 6.87. The summed E-state index contributed by atoms with van der Waals surface area (Å²) in [5.41, 5.74) is 8.58. The van der Waals surface area contributed by atoms with Crippen LogP contribution in [-0.4, -0.2) is 38.5 Å². The number of hydrogen-bond donors (Lipinski definition) is 2. The van der Waals surface area contributed by atoms with Crippen molar-refractivity contribution < 1.29 is 4.79 Å². The number of aliphatic imine (C=N–C) groups is 1. The molecule has 0 saturated carbocycles. The highest BCUT2D eigenvalue weighted by atomic mass is 32.2. The third kappa shape index (κ3) is 8.73. The van der Waals surface area contributed by atoms with Crippen LogP contribution in [0.25, 0.3) is 22.8 Å². The van der Waals surface area contributed by atoms with Crippen molar-refractivity contribution in [2.75, 3.05) is 12.8 Å². The SMILES string of the molecule is CCSC(=NC)c1ccccc1C.Cc1ccccc1-c1nnc(-c2ccccc2)n1C.NNC(=O)c1ccccc1. The summed E-state index contributed by atoms with van der Waals surface area (Å²) < 4.78 is 2.04. The number of aromatic nitrogens is 3. The van der Waals surface area contributed by atoms with Crippen molar-refractivity contribution in [1.29, 1.82) is 0 Å². The van der Waals surface area contributed by atoms with Crippen LogP contribution in [0.1, 0.15) is 34.0 Å². The van der Waals surface area contributed by atoms with Gasteiger partial charge in [-0.25, -0.2) is 5.84 Å². The monoisotopic (exact) mass is 578 g/mol. The molecule has 8 heteroatoms. The van der Waals surface area contributed by atoms with Crippen molar-refractivity contribution in [2.24, 2.45) is 17.9 Å². The number of hydrazine groups is 1. The number of carbonyl (C=O) groups excluding carboxylic acids is 1. The van der Waals surface area contributed by atoms with Gasteiger partial charge in [-0.3, -0.25) is 15.2 Å². The molecule has 5 rings (SSSR count). The van der Waals surface area contributed by atoms with E-state index in [9.17, 15) is 4.79 Å². The molecule has 0 aliphatic carbocycles. The molecule has 0 unspecified atom stereocenters. The van der Waals surface area contributed by atoms with Crippen molar-refractivity contribution in [1.82, 2.24) is 20.2 Å². The third-order valence-corrected chi connectivity index (χ3v) is 7.28. The summed E-state index contributed by atoms with van der Waals surface area (Å²) in [6, 6.07) is 35.5. The molecule has 42 heavy (non-hydrogen) atoms. The lowest BCUT2D eigenvalue weighted by Gasteiger charge is -2.06. The summed E-state index contributed by atoms with van der Waals surface area (Å²) in [6.45, 7) is 6.36. The summed E-state index contributed by atoms with van der Waals surface area (Å²) in [6.07, 6.45) is 0. The van der Waals surface area contributed by atoms with E-state index >= 15 is 0 Å². The van der Waals surface area contributed by atoms with E-state index in [1.54, 1.807) is 36.0 Å². The summed E-state index contributed by atoms with van der Waals surface area (Å²) >= 11 is 1.79. The van der Waals surface area contributed by atoms with E-state index in [-0.39, 0.29) is 5.91 Å². The van der Waals surface area contributed by atoms with Gasteiger partial charge in [0.25, 0.3) is 5.91 Å². The molecule has 216 valence electrons. The van der Waals surface area contributed by atoms with Gasteiger partial charge in [-0.15, -0.1) is 22.0 Å². The Morgan fingerprint density at radius 2 is 1.36 bits per heavy atom. The molecular formula is C34H38N6OS. The summed E-state index contributed by atoms with van der Waals surface area (Å²) in [4.78, 5) is 15.1. The Labute approximate surface area is 252 Å². The Hall–Kier alpha value is -4.53. The van der Waals surface area contributed by atoms with Crippen molar-refractivity contribution >= 4 is 22.7 Å². The molecule has 0 bridgehead atoms. The predicted molar refractivity (Wildman–Crippen MR) is 176 cm³/mol. The number of nitrogens with zero attached hydrogens (tertiary/aromatic N) is 4. The maximum atomic E-state index is 10.8. The maximum Gasteiger partial charge on any atom is 0.265 e. The number of nitrogen functional groups attached to an aromatic ring is 1. The van der Waals surface area contributed by atoms with Gasteiger partial charge in [0.15, 0.2) is 11.6 Å². The highest BCUT2D eigenvalue weighted by Gasteiger charge is 2.13. The van der Waals surface area contributed by atoms with Crippen LogP contribution in [0, 0.1) is 13.8 Å². The first-order valence-corrected chi connectivity index (χ1v) is 14.6. The Bertz CT molecular complexity index is 1580. The first-order valence-electron chi connectivity index (χ1n) is 13.6. The van der Waals surface area contributed by atoms with Gasteiger partial charge in [0.1, 0.15) is 0 Å². The summed E-state index contributed by atoms with van der Waals surface area (Å²) in [7, 11) is 3.86. The topological polar surface area (TPSA) is 98.2 Å². The zero-order valence-corrected chi connectivity index (χ0v) is 25.6. The highest BCUT2D eigenvalue weighted by molar-refractivity contribution is 8.14. The van der Waals surface area contributed by atoms with E-state index in [0.29, 0.717) is 5.56 Å². The third-order valence-electron chi connectivity index (χ3n) is 6.32. The molecule has 0 radical (unpaired) electrons. The number of amides is 1. The molecule has 5 aromatic rings. The van der Waals surface area contributed by atoms with Crippen LogP contribution in [0.2, 0.25) is 0 Å². The second kappa shape index (κ2) is 16.7. The molecule has 3 N–H and O–H groups in total. The summed E-state index contributed by atoms with van der Waals surface area (Å²) in [5.74, 6) is 7.50. The largest absolute Gasteiger partial charge is 0.310 e. The minimum absolute atomic E-state index is 0.263. The molecule has 1 aromatic heterocycles. The summed E-state index contributed by atoms with van der Waals surface area (Å²) in [5, 5.41) is 9.79. The van der Waals surface area contributed by atoms with Crippen LogP contribution >= 0.6 is 11.8 Å². The van der Waals surface area contributed by atoms with Crippen LogP contribution in [0.3, 0.4) is 0 Å². The number of thioether (sulfide) groups is 1. The first kappa shape index (κ1) is 32.0. The van der Waals surface area contributed by atoms with Gasteiger partial charge in [0, 0.05) is 36.3 Å². The number of benzene rings is 4. The Kier molecular flexibility index (Phi) is 12.7. The smallest absolute Gasteiger partial charge is 0.265 e. The lowest BCUT2D eigenvalue weighted by Crippen LogP contribution is -2.29. The number of nitrogens with two attached hydrogens (primary N) is 1. The van der Waals surface area contributed by atoms with Gasteiger partial charge in [-0.05, 0) is 42.9 Å². The van der Waals surface area contributed by atoms with E-state index < -0.39 is 0 Å². The fourth-order valence-corrected chi connectivity index (χ4v) is 4.90. The Balaban J connectivity index is 0.000000184. The van der Waals surface area contributed by atoms with E-state index in [1.807, 2.05) is 72.6 Å². The number of hydrogen-bond acceptors (Lipinski definition) is 6. The van der Waals surface area contributed by atoms with Crippen LogP contribution in [0.15, 0.2) is 114 Å². The van der Waals surface area contributed by atoms with Crippen molar-refractivity contribution in [3.05, 3.63) is 131 Å². The fourth-order valence-electron chi connectivity index (χ4n) is 4.11. The first-order chi connectivity index (χ1) is 20.4. The van der Waals surface area contributed by atoms with Gasteiger partial charge >= 0.3 is 0 Å². The van der Waals surface area contributed by atoms with E-state index in [0.717, 1.165) is 33.6 Å². The Morgan fingerprint density at radius 1 is 0.810 bits per heavy atom. The molecule has 0 saturated heterocycles. The molecule has 0 atom stereocenters. The standard InChI is InChI=1S/C16H15N3.C11H15NS.C7H8N2O/c1-12-8-6-7-11-14(12)16-18-17-15(19(16)2)13-9-4-3-5-10-13;1-4-13-11(12-3)10-8-6-5-7-9(10)2;8-9-7(10)6-4-2-1-3-5-6/h3-11H,1-2H3;5-8H,4H2,1-3H3;1-5H,8H2,(H,9,10). The second-order valence-electron chi connectivity index (χ2n) is 9.20. The average molecular weight is 579 g/mol. The van der Waals surface area contributed by atoms with E-state index in [2.05, 4.69) is 72.4 Å². The number of carbonyl (C=O) groups is 1. The molecule has 1 heterocycles. The fraction of sp³-hybridized carbons (Fsp3) is 0.176. The number of rotatable bonds is 5. The highest BCUT2D eigenvalue weighted by Crippen LogP contribution is 2.25. The van der Waals surface area contributed by atoms with Gasteiger partial charge in [0.2, 0.25) is 0 Å². The Morgan fingerprint density at radius 3 is 1.93 bits per heavy atom. The maximum absolute atomic E-state index is 10.8. The number of nitrogens with one attached hydrogen (secondary N) is 1. The van der Waals surface area contributed by atoms with Crippen molar-refractivity contribution in [3.8, 4) is 22.8 Å². The second-order valence-corrected chi connectivity index (χ2v) is 10.5. The molecule has 1 amide bonds. The normalized spacial score (nSPS) is 10.6. The molecule has 7 nitrogen and oxygen atoms in total. The lowest BCUT2D eigenvalue weighted by atomic mass is 10.1. The molecular weight excluding hydrogens is 540 g/mol. The zero-order chi connectivity index (χ0) is 30.3. The van der Waals surface area contributed by atoms with Crippen LogP contribution in [0.4, 0.5) is 0 Å². The molecule has 0 spiro atoms. The lowest BCUT2D eigenvalue weighted by molar-refractivity contribution is 0.0953. The van der Waals surface area contributed by atoms with Crippen LogP contribution < -0.4 is 11.3 Å². The van der Waals surface area contributed by atoms with Gasteiger partial charge in [-0.2, -0.15) is 0 Å². The zero-order valence-electron chi connectivity index (χ0n) is 24.8. The van der Waals surface area contributed by atoms with Gasteiger partial charge in [-0.1, -0.05) is 104 Å². The van der Waals surface area contributed by atoms with Gasteiger partial charge < -0.3 is 4.57 Å². The molecule has 0 fully saturated rings. The average Bonchev–Trinajstić information content (AvgIpc) is 3.42. The minimum atomic E-state index is -0.263. The van der Waals surface area contributed by atoms with Crippen molar-refractivity contribution in [2.45, 2.75) is 20.8 Å².